The fourth-order valence-electron chi connectivity index (χ4n) is 6.78. The van der Waals surface area contributed by atoms with Gasteiger partial charge in [0.2, 0.25) is 0 Å². The summed E-state index contributed by atoms with van der Waals surface area (Å²) in [4.78, 5) is 23.0. The van der Waals surface area contributed by atoms with Crippen LogP contribution in [0.3, 0.4) is 0 Å². The number of halogens is 1. The topological polar surface area (TPSA) is 113 Å². The van der Waals surface area contributed by atoms with E-state index in [-0.39, 0.29) is 17.4 Å². The molecular formula is C31H40FN7O4S. The summed E-state index contributed by atoms with van der Waals surface area (Å²) in [6.07, 6.45) is 7.35. The number of anilines is 1. The number of piperidine rings is 1. The van der Waals surface area contributed by atoms with E-state index in [4.69, 9.17) is 14.8 Å². The fraction of sp³-hybridized carbons (Fsp3) is 0.581. The Morgan fingerprint density at radius 2 is 1.70 bits per heavy atom. The second kappa shape index (κ2) is 12.0. The molecular weight excluding hydrogens is 585 g/mol. The zero-order valence-corrected chi connectivity index (χ0v) is 25.9. The van der Waals surface area contributed by atoms with Crippen molar-refractivity contribution in [2.45, 2.75) is 56.9 Å². The first kappa shape index (κ1) is 29.6. The van der Waals surface area contributed by atoms with E-state index < -0.39 is 16.1 Å². The van der Waals surface area contributed by atoms with Crippen LogP contribution in [0.25, 0.3) is 16.7 Å². The lowest BCUT2D eigenvalue weighted by atomic mass is 9.82. The molecule has 13 heteroatoms. The first-order valence-corrected chi connectivity index (χ1v) is 17.2. The van der Waals surface area contributed by atoms with Crippen LogP contribution in [0.15, 0.2) is 30.3 Å². The van der Waals surface area contributed by atoms with Gasteiger partial charge in [0.1, 0.15) is 11.5 Å². The van der Waals surface area contributed by atoms with E-state index in [1.165, 1.54) is 29.3 Å². The van der Waals surface area contributed by atoms with Gasteiger partial charge in [0.25, 0.3) is 5.91 Å². The molecule has 11 nitrogen and oxygen atoms in total. The van der Waals surface area contributed by atoms with Gasteiger partial charge in [0.15, 0.2) is 5.65 Å². The van der Waals surface area contributed by atoms with Crippen molar-refractivity contribution in [3.63, 3.8) is 0 Å². The third-order valence-corrected chi connectivity index (χ3v) is 11.2. The van der Waals surface area contributed by atoms with Gasteiger partial charge >= 0.3 is 10.2 Å². The molecule has 0 atom stereocenters. The normalized spacial score (nSPS) is 21.1. The molecule has 1 aromatic carbocycles. The number of hydrogen-bond acceptors (Lipinski definition) is 8. The van der Waals surface area contributed by atoms with E-state index in [2.05, 4.69) is 14.5 Å². The van der Waals surface area contributed by atoms with Gasteiger partial charge < -0.3 is 9.64 Å². The maximum absolute atomic E-state index is 13.9. The minimum Gasteiger partial charge on any atom is -0.384 e. The molecule has 7 rings (SSSR count). The Hall–Kier alpha value is -3.13. The number of amides is 1. The highest BCUT2D eigenvalue weighted by Gasteiger charge is 2.36. The number of aromatic nitrogens is 3. The van der Waals surface area contributed by atoms with Gasteiger partial charge in [-0.1, -0.05) is 6.42 Å². The summed E-state index contributed by atoms with van der Waals surface area (Å²) in [5, 5.41) is 5.88. The standard InChI is InChI=1S/C31H40FN7O4S/c1-43-20-21-11-13-37(14-12-21)27-19-26(31(40)35-44(41,42)38-17-15-36(16-18-38)24-9-10-24)33-30-28(27)29(22-3-2-4-22)34-39(30)25-7-5-23(32)6-8-25/h5-8,19,21-22,24H,2-4,9-18,20H2,1H3,(H,35,40). The molecule has 0 spiro atoms. The number of nitrogens with one attached hydrogen (secondary N) is 1. The highest BCUT2D eigenvalue weighted by atomic mass is 32.2. The number of ether oxygens (including phenoxy) is 1. The summed E-state index contributed by atoms with van der Waals surface area (Å²) in [6.45, 7) is 4.25. The number of carbonyl (C=O) groups excluding carboxylic acids is 1. The molecule has 2 aromatic heterocycles. The zero-order chi connectivity index (χ0) is 30.4. The molecule has 2 saturated carbocycles. The van der Waals surface area contributed by atoms with Crippen LogP contribution in [0.5, 0.6) is 0 Å². The van der Waals surface area contributed by atoms with Crippen molar-refractivity contribution < 1.29 is 22.3 Å². The van der Waals surface area contributed by atoms with Crippen LogP contribution in [-0.2, 0) is 14.9 Å². The van der Waals surface area contributed by atoms with Crippen molar-refractivity contribution >= 4 is 32.8 Å². The molecule has 2 saturated heterocycles. The van der Waals surface area contributed by atoms with Crippen LogP contribution in [0.1, 0.15) is 67.0 Å². The van der Waals surface area contributed by atoms with Crippen LogP contribution in [0.4, 0.5) is 10.1 Å². The van der Waals surface area contributed by atoms with Crippen LogP contribution in [-0.4, -0.2) is 97.3 Å². The van der Waals surface area contributed by atoms with Gasteiger partial charge in [0, 0.05) is 64.9 Å². The minimum absolute atomic E-state index is 0.00938. The molecule has 44 heavy (non-hydrogen) atoms. The summed E-state index contributed by atoms with van der Waals surface area (Å²) in [7, 11) is -2.34. The van der Waals surface area contributed by atoms with Crippen LogP contribution in [0, 0.1) is 11.7 Å². The lowest BCUT2D eigenvalue weighted by Gasteiger charge is -2.34. The number of pyridine rings is 1. The summed E-state index contributed by atoms with van der Waals surface area (Å²) in [6, 6.07) is 8.33. The molecule has 236 valence electrons. The van der Waals surface area contributed by atoms with E-state index >= 15 is 0 Å². The maximum atomic E-state index is 13.9. The van der Waals surface area contributed by atoms with Gasteiger partial charge in [-0.3, -0.25) is 9.69 Å². The Labute approximate surface area is 257 Å². The van der Waals surface area contributed by atoms with Gasteiger partial charge in [0.05, 0.1) is 22.5 Å². The monoisotopic (exact) mass is 625 g/mol. The number of rotatable bonds is 9. The number of piperazine rings is 1. The summed E-state index contributed by atoms with van der Waals surface area (Å²) in [5.74, 6) is -0.417. The number of benzene rings is 1. The highest BCUT2D eigenvalue weighted by Crippen LogP contribution is 2.43. The van der Waals surface area contributed by atoms with E-state index in [0.717, 1.165) is 62.0 Å². The fourth-order valence-corrected chi connectivity index (χ4v) is 7.89. The van der Waals surface area contributed by atoms with Crippen LogP contribution in [0.2, 0.25) is 0 Å². The third-order valence-electron chi connectivity index (χ3n) is 9.70. The van der Waals surface area contributed by atoms with Crippen molar-refractivity contribution in [1.29, 1.82) is 0 Å². The van der Waals surface area contributed by atoms with Crippen molar-refractivity contribution in [1.82, 2.24) is 28.7 Å². The van der Waals surface area contributed by atoms with Crippen molar-refractivity contribution in [2.75, 3.05) is 57.9 Å². The SMILES string of the molecule is COCC1CCN(c2cc(C(=O)NS(=O)(=O)N3CCN(C4CC4)CC3)nc3c2c(C2CCC2)nn3-c2ccc(F)cc2)CC1. The molecule has 4 aliphatic rings. The summed E-state index contributed by atoms with van der Waals surface area (Å²) in [5.41, 5.74) is 2.86. The molecule has 2 aliphatic heterocycles. The molecule has 3 aromatic rings. The van der Waals surface area contributed by atoms with Crippen molar-refractivity contribution in [3.8, 4) is 5.69 Å². The molecule has 1 amide bonds. The average molecular weight is 626 g/mol. The smallest absolute Gasteiger partial charge is 0.304 e. The van der Waals surface area contributed by atoms with E-state index in [0.29, 0.717) is 56.1 Å². The second-order valence-corrected chi connectivity index (χ2v) is 14.3. The van der Waals surface area contributed by atoms with Gasteiger partial charge in [-0.15, -0.1) is 0 Å². The van der Waals surface area contributed by atoms with E-state index in [1.807, 2.05) is 0 Å². The molecule has 2 aliphatic carbocycles. The Kier molecular flexibility index (Phi) is 8.06. The first-order chi connectivity index (χ1) is 21.3. The largest absolute Gasteiger partial charge is 0.384 e. The van der Waals surface area contributed by atoms with E-state index in [9.17, 15) is 17.6 Å². The average Bonchev–Trinajstić information content (AvgIpc) is 3.79. The number of fused-ring (bicyclic) bond motifs is 1. The second-order valence-electron chi connectivity index (χ2n) is 12.6. The molecule has 0 bridgehead atoms. The van der Waals surface area contributed by atoms with Gasteiger partial charge in [-0.2, -0.15) is 17.8 Å². The molecule has 0 radical (unpaired) electrons. The predicted molar refractivity (Wildman–Crippen MR) is 165 cm³/mol. The van der Waals surface area contributed by atoms with Gasteiger partial charge in [-0.05, 0) is 74.8 Å². The van der Waals surface area contributed by atoms with Crippen LogP contribution >= 0.6 is 0 Å². The number of methoxy groups -OCH3 is 1. The van der Waals surface area contributed by atoms with Crippen LogP contribution < -0.4 is 9.62 Å². The van der Waals surface area contributed by atoms with Crippen molar-refractivity contribution in [2.24, 2.45) is 5.92 Å². The Morgan fingerprint density at radius 1 is 1.00 bits per heavy atom. The summed E-state index contributed by atoms with van der Waals surface area (Å²) < 4.78 is 51.3. The number of nitrogens with zero attached hydrogens (tertiary/aromatic N) is 6. The minimum atomic E-state index is -4.06. The third kappa shape index (κ3) is 5.82. The maximum Gasteiger partial charge on any atom is 0.304 e. The molecule has 4 heterocycles. The molecule has 4 fully saturated rings. The highest BCUT2D eigenvalue weighted by molar-refractivity contribution is 7.87. The Morgan fingerprint density at radius 3 is 2.32 bits per heavy atom. The first-order valence-electron chi connectivity index (χ1n) is 15.8. The zero-order valence-electron chi connectivity index (χ0n) is 25.1. The molecule has 0 unspecified atom stereocenters. The Bertz CT molecular complexity index is 1620. The molecule has 1 N–H and O–H groups in total. The number of carbonyl (C=O) groups is 1. The number of hydrogen-bond donors (Lipinski definition) is 1. The predicted octanol–water partition coefficient (Wildman–Crippen LogP) is 3.44. The Balaban J connectivity index is 1.26. The lowest BCUT2D eigenvalue weighted by molar-refractivity contribution is 0.0972. The lowest BCUT2D eigenvalue weighted by Crippen LogP contribution is -2.53. The summed E-state index contributed by atoms with van der Waals surface area (Å²) >= 11 is 0. The van der Waals surface area contributed by atoms with Gasteiger partial charge in [-0.25, -0.2) is 18.8 Å². The van der Waals surface area contributed by atoms with E-state index in [1.54, 1.807) is 30.0 Å². The quantitative estimate of drug-likeness (QED) is 0.385. The van der Waals surface area contributed by atoms with Crippen molar-refractivity contribution in [3.05, 3.63) is 47.5 Å².